The molecule has 0 aromatic heterocycles. The molecule has 2 atom stereocenters. The van der Waals surface area contributed by atoms with Gasteiger partial charge in [-0.2, -0.15) is 5.26 Å². The van der Waals surface area contributed by atoms with Crippen molar-refractivity contribution in [2.24, 2.45) is 0 Å². The van der Waals surface area contributed by atoms with Crippen LogP contribution < -0.4 is 0 Å². The maximum atomic E-state index is 9.96. The molecular formula is C13H24N2O. The first-order valence-corrected chi connectivity index (χ1v) is 6.58. The predicted octanol–water partition coefficient (Wildman–Crippen LogP) is 2.31. The van der Waals surface area contributed by atoms with Gasteiger partial charge in [-0.3, -0.25) is 4.90 Å². The van der Waals surface area contributed by atoms with Gasteiger partial charge in [-0.05, 0) is 45.2 Å². The summed E-state index contributed by atoms with van der Waals surface area (Å²) in [6.07, 6.45) is 7.04. The van der Waals surface area contributed by atoms with Crippen LogP contribution in [0.2, 0.25) is 0 Å². The Morgan fingerprint density at radius 2 is 2.25 bits per heavy atom. The van der Waals surface area contributed by atoms with Crippen LogP contribution in [-0.4, -0.2) is 35.2 Å². The summed E-state index contributed by atoms with van der Waals surface area (Å²) in [6.45, 7) is 4.21. The van der Waals surface area contributed by atoms with E-state index in [1.807, 2.05) is 6.92 Å². The van der Waals surface area contributed by atoms with Gasteiger partial charge >= 0.3 is 0 Å². The number of likely N-dealkylation sites (tertiary alicyclic amines) is 1. The number of aliphatic hydroxyl groups is 1. The Hall–Kier alpha value is -0.590. The Morgan fingerprint density at radius 1 is 1.44 bits per heavy atom. The average Bonchev–Trinajstić information content (AvgIpc) is 2.34. The molecule has 0 radical (unpaired) electrons. The Labute approximate surface area is 99.1 Å². The summed E-state index contributed by atoms with van der Waals surface area (Å²) >= 11 is 0. The smallest absolute Gasteiger partial charge is 0.0692 e. The summed E-state index contributed by atoms with van der Waals surface area (Å²) in [5.74, 6) is 0. The van der Waals surface area contributed by atoms with Crippen molar-refractivity contribution in [1.82, 2.24) is 4.90 Å². The fraction of sp³-hybridized carbons (Fsp3) is 0.923. The van der Waals surface area contributed by atoms with E-state index in [-0.39, 0.29) is 6.10 Å². The lowest BCUT2D eigenvalue weighted by molar-refractivity contribution is 0.0233. The van der Waals surface area contributed by atoms with E-state index in [0.717, 1.165) is 38.8 Å². The normalized spacial score (nSPS) is 23.9. The zero-order valence-corrected chi connectivity index (χ0v) is 10.4. The highest BCUT2D eigenvalue weighted by atomic mass is 16.3. The van der Waals surface area contributed by atoms with E-state index >= 15 is 0 Å². The van der Waals surface area contributed by atoms with Crippen LogP contribution >= 0.6 is 0 Å². The van der Waals surface area contributed by atoms with Crippen molar-refractivity contribution >= 4 is 0 Å². The fourth-order valence-electron chi connectivity index (χ4n) is 2.52. The molecule has 0 spiro atoms. The summed E-state index contributed by atoms with van der Waals surface area (Å²) in [4.78, 5) is 2.43. The van der Waals surface area contributed by atoms with Gasteiger partial charge in [-0.15, -0.1) is 0 Å². The van der Waals surface area contributed by atoms with E-state index in [9.17, 15) is 5.11 Å². The van der Waals surface area contributed by atoms with Gasteiger partial charge in [0.2, 0.25) is 0 Å². The maximum absolute atomic E-state index is 9.96. The summed E-state index contributed by atoms with van der Waals surface area (Å²) in [7, 11) is 0. The molecule has 1 rings (SSSR count). The number of piperidine rings is 1. The zero-order valence-electron chi connectivity index (χ0n) is 10.4. The molecule has 0 bridgehead atoms. The number of nitriles is 1. The molecule has 1 aliphatic heterocycles. The van der Waals surface area contributed by atoms with Crippen LogP contribution in [-0.2, 0) is 0 Å². The van der Waals surface area contributed by atoms with Crippen molar-refractivity contribution in [2.45, 2.75) is 64.0 Å². The van der Waals surface area contributed by atoms with E-state index in [4.69, 9.17) is 5.26 Å². The summed E-state index contributed by atoms with van der Waals surface area (Å²) < 4.78 is 0. The lowest BCUT2D eigenvalue weighted by atomic mass is 9.95. The number of hydrogen-bond donors (Lipinski definition) is 1. The van der Waals surface area contributed by atoms with Crippen LogP contribution in [0.25, 0.3) is 0 Å². The first-order valence-electron chi connectivity index (χ1n) is 6.58. The Bertz CT molecular complexity index is 224. The molecule has 1 saturated heterocycles. The molecule has 3 heteroatoms. The van der Waals surface area contributed by atoms with Gasteiger partial charge in [0.05, 0.1) is 12.2 Å². The lowest BCUT2D eigenvalue weighted by Gasteiger charge is -2.38. The average molecular weight is 224 g/mol. The van der Waals surface area contributed by atoms with Crippen LogP contribution in [0.1, 0.15) is 51.9 Å². The third-order valence-corrected chi connectivity index (χ3v) is 3.51. The fourth-order valence-corrected chi connectivity index (χ4v) is 2.52. The van der Waals surface area contributed by atoms with Crippen LogP contribution in [0.3, 0.4) is 0 Å². The van der Waals surface area contributed by atoms with Gasteiger partial charge in [0.15, 0.2) is 0 Å². The Balaban J connectivity index is 2.32. The van der Waals surface area contributed by atoms with Gasteiger partial charge in [0.1, 0.15) is 0 Å². The largest absolute Gasteiger partial charge is 0.392 e. The van der Waals surface area contributed by atoms with Crippen molar-refractivity contribution < 1.29 is 5.11 Å². The molecule has 2 unspecified atom stereocenters. The van der Waals surface area contributed by atoms with Gasteiger partial charge in [-0.25, -0.2) is 0 Å². The third-order valence-electron chi connectivity index (χ3n) is 3.51. The molecule has 1 aliphatic rings. The molecule has 0 aromatic rings. The summed E-state index contributed by atoms with van der Waals surface area (Å²) in [5, 5.41) is 18.4. The molecule has 3 nitrogen and oxygen atoms in total. The number of aliphatic hydroxyl groups excluding tert-OH is 1. The van der Waals surface area contributed by atoms with E-state index in [2.05, 4.69) is 11.0 Å². The van der Waals surface area contributed by atoms with E-state index < -0.39 is 0 Å². The van der Waals surface area contributed by atoms with Gasteiger partial charge in [0.25, 0.3) is 0 Å². The highest BCUT2D eigenvalue weighted by Gasteiger charge is 2.26. The molecule has 0 saturated carbocycles. The second-order valence-electron chi connectivity index (χ2n) is 4.69. The van der Waals surface area contributed by atoms with Crippen LogP contribution in [0.15, 0.2) is 0 Å². The first kappa shape index (κ1) is 13.5. The highest BCUT2D eigenvalue weighted by Crippen LogP contribution is 2.21. The highest BCUT2D eigenvalue weighted by molar-refractivity contribution is 4.82. The monoisotopic (exact) mass is 224 g/mol. The van der Waals surface area contributed by atoms with Gasteiger partial charge < -0.3 is 5.11 Å². The molecule has 0 aromatic carbocycles. The molecule has 16 heavy (non-hydrogen) atoms. The molecule has 92 valence electrons. The Kier molecular flexibility index (Phi) is 6.44. The SMILES string of the molecule is CCC(O)C1CCCCN1CCCCC#N. The topological polar surface area (TPSA) is 47.3 Å². The first-order chi connectivity index (χ1) is 7.79. The quantitative estimate of drug-likeness (QED) is 0.704. The minimum atomic E-state index is -0.170. The standard InChI is InChI=1S/C13H24N2O/c1-2-13(16)12-8-4-7-11-15(12)10-6-3-5-9-14/h12-13,16H,2-8,10-11H2,1H3. The predicted molar refractivity (Wildman–Crippen MR) is 65.0 cm³/mol. The summed E-state index contributed by atoms with van der Waals surface area (Å²) in [6, 6.07) is 2.54. The Morgan fingerprint density at radius 3 is 2.94 bits per heavy atom. The van der Waals surface area contributed by atoms with Crippen LogP contribution in [0.4, 0.5) is 0 Å². The minimum absolute atomic E-state index is 0.170. The second-order valence-corrected chi connectivity index (χ2v) is 4.69. The molecule has 1 heterocycles. The number of rotatable bonds is 6. The molecule has 1 fully saturated rings. The molecule has 0 aliphatic carbocycles. The molecule has 1 N–H and O–H groups in total. The lowest BCUT2D eigenvalue weighted by Crippen LogP contribution is -2.46. The van der Waals surface area contributed by atoms with Crippen molar-refractivity contribution in [1.29, 1.82) is 5.26 Å². The van der Waals surface area contributed by atoms with E-state index in [0.29, 0.717) is 12.5 Å². The molecule has 0 amide bonds. The van der Waals surface area contributed by atoms with E-state index in [1.165, 1.54) is 12.8 Å². The minimum Gasteiger partial charge on any atom is -0.392 e. The summed E-state index contributed by atoms with van der Waals surface area (Å²) in [5.41, 5.74) is 0. The van der Waals surface area contributed by atoms with Crippen molar-refractivity contribution in [2.75, 3.05) is 13.1 Å². The number of nitrogens with zero attached hydrogens (tertiary/aromatic N) is 2. The van der Waals surface area contributed by atoms with Crippen molar-refractivity contribution in [3.8, 4) is 6.07 Å². The van der Waals surface area contributed by atoms with Crippen LogP contribution in [0.5, 0.6) is 0 Å². The van der Waals surface area contributed by atoms with Crippen molar-refractivity contribution in [3.63, 3.8) is 0 Å². The van der Waals surface area contributed by atoms with E-state index in [1.54, 1.807) is 0 Å². The third kappa shape index (κ3) is 4.11. The second kappa shape index (κ2) is 7.65. The number of hydrogen-bond acceptors (Lipinski definition) is 3. The number of unbranched alkanes of at least 4 members (excludes halogenated alkanes) is 2. The molecular weight excluding hydrogens is 200 g/mol. The maximum Gasteiger partial charge on any atom is 0.0692 e. The van der Waals surface area contributed by atoms with Gasteiger partial charge in [-0.1, -0.05) is 13.3 Å². The van der Waals surface area contributed by atoms with Crippen LogP contribution in [0, 0.1) is 11.3 Å². The zero-order chi connectivity index (χ0) is 11.8. The van der Waals surface area contributed by atoms with Crippen molar-refractivity contribution in [3.05, 3.63) is 0 Å². The van der Waals surface area contributed by atoms with Gasteiger partial charge in [0, 0.05) is 12.5 Å².